The van der Waals surface area contributed by atoms with E-state index in [4.69, 9.17) is 14.2 Å². The van der Waals surface area contributed by atoms with Crippen molar-refractivity contribution < 1.29 is 23.8 Å². The van der Waals surface area contributed by atoms with Crippen LogP contribution in [0.5, 0.6) is 5.75 Å². The quantitative estimate of drug-likeness (QED) is 0.563. The van der Waals surface area contributed by atoms with Crippen molar-refractivity contribution in [2.75, 3.05) is 13.4 Å². The van der Waals surface area contributed by atoms with Gasteiger partial charge in [-0.1, -0.05) is 20.8 Å². The molecule has 1 heterocycles. The van der Waals surface area contributed by atoms with Crippen LogP contribution in [-0.4, -0.2) is 30.3 Å². The van der Waals surface area contributed by atoms with Gasteiger partial charge in [0.15, 0.2) is 0 Å². The van der Waals surface area contributed by atoms with Crippen LogP contribution in [0, 0.1) is 5.92 Å². The zero-order valence-corrected chi connectivity index (χ0v) is 11.9. The van der Waals surface area contributed by atoms with Crippen LogP contribution in [-0.2, 0) is 14.3 Å². The highest BCUT2D eigenvalue weighted by Crippen LogP contribution is 2.10. The number of rotatable bonds is 7. The van der Waals surface area contributed by atoms with Crippen LogP contribution in [0.25, 0.3) is 0 Å². The van der Waals surface area contributed by atoms with E-state index in [1.54, 1.807) is 19.9 Å². The molecule has 0 fully saturated rings. The minimum Gasteiger partial charge on any atom is -0.492 e. The predicted octanol–water partition coefficient (Wildman–Crippen LogP) is 2.18. The van der Waals surface area contributed by atoms with Gasteiger partial charge in [0, 0.05) is 0 Å². The predicted molar refractivity (Wildman–Crippen MR) is 71.2 cm³/mol. The van der Waals surface area contributed by atoms with Crippen molar-refractivity contribution >= 4 is 11.9 Å². The van der Waals surface area contributed by atoms with E-state index in [1.165, 1.54) is 12.3 Å². The average Bonchev–Trinajstić information content (AvgIpc) is 2.45. The van der Waals surface area contributed by atoms with Gasteiger partial charge in [0.25, 0.3) is 0 Å². The van der Waals surface area contributed by atoms with Gasteiger partial charge >= 0.3 is 11.9 Å². The van der Waals surface area contributed by atoms with Crippen molar-refractivity contribution in [3.8, 4) is 5.75 Å². The highest BCUT2D eigenvalue weighted by molar-refractivity contribution is 5.87. The summed E-state index contributed by atoms with van der Waals surface area (Å²) in [5.74, 6) is -0.742. The van der Waals surface area contributed by atoms with E-state index >= 15 is 0 Å². The lowest BCUT2D eigenvalue weighted by atomic mass is 10.2. The molecule has 0 bridgehead atoms. The van der Waals surface area contributed by atoms with E-state index in [-0.39, 0.29) is 11.6 Å². The van der Waals surface area contributed by atoms with Gasteiger partial charge in [-0.05, 0) is 18.6 Å². The average molecular weight is 281 g/mol. The maximum Gasteiger partial charge on any atom is 0.359 e. The van der Waals surface area contributed by atoms with E-state index in [0.29, 0.717) is 12.4 Å². The Hall–Kier alpha value is -2.11. The molecule has 0 aliphatic heterocycles. The number of esters is 2. The van der Waals surface area contributed by atoms with E-state index in [0.717, 1.165) is 6.42 Å². The van der Waals surface area contributed by atoms with Crippen LogP contribution >= 0.6 is 0 Å². The first-order valence-electron chi connectivity index (χ1n) is 6.47. The van der Waals surface area contributed by atoms with Crippen molar-refractivity contribution in [2.24, 2.45) is 5.92 Å². The first kappa shape index (κ1) is 15.9. The minimum atomic E-state index is -0.649. The molecule has 1 rings (SSSR count). The normalized spacial score (nSPS) is 10.2. The van der Waals surface area contributed by atoms with Crippen molar-refractivity contribution in [2.45, 2.75) is 27.2 Å². The van der Waals surface area contributed by atoms with Crippen LogP contribution < -0.4 is 4.74 Å². The van der Waals surface area contributed by atoms with Gasteiger partial charge < -0.3 is 14.2 Å². The second-order valence-electron chi connectivity index (χ2n) is 4.40. The topological polar surface area (TPSA) is 74.7 Å². The number of carbonyl (C=O) groups is 2. The zero-order chi connectivity index (χ0) is 15.0. The number of nitrogens with zero attached hydrogens (tertiary/aromatic N) is 1. The summed E-state index contributed by atoms with van der Waals surface area (Å²) >= 11 is 0. The summed E-state index contributed by atoms with van der Waals surface area (Å²) in [5.41, 5.74) is 0.134. The molecule has 0 aromatic carbocycles. The van der Waals surface area contributed by atoms with Crippen LogP contribution in [0.4, 0.5) is 0 Å². The second kappa shape index (κ2) is 8.14. The number of hydrogen-bond acceptors (Lipinski definition) is 6. The summed E-state index contributed by atoms with van der Waals surface area (Å²) in [4.78, 5) is 26.7. The summed E-state index contributed by atoms with van der Waals surface area (Å²) in [7, 11) is 0. The Bertz CT molecular complexity index is 441. The molecule has 1 aromatic heterocycles. The van der Waals surface area contributed by atoms with Gasteiger partial charge in [0.05, 0.1) is 18.7 Å². The first-order valence-corrected chi connectivity index (χ1v) is 6.47. The third-order valence-corrected chi connectivity index (χ3v) is 2.28. The Morgan fingerprint density at radius 3 is 2.55 bits per heavy atom. The standard InChI is InChI=1S/C14H19NO5/c1-4-7-18-11-5-6-12(15-8-11)14(17)20-9-19-13(16)10(2)3/h5-6,8,10H,4,7,9H2,1-3H3. The van der Waals surface area contributed by atoms with Crippen molar-refractivity contribution in [3.05, 3.63) is 24.0 Å². The Morgan fingerprint density at radius 2 is 2.00 bits per heavy atom. The first-order chi connectivity index (χ1) is 9.54. The molecule has 6 heteroatoms. The number of aromatic nitrogens is 1. The molecule has 20 heavy (non-hydrogen) atoms. The summed E-state index contributed by atoms with van der Waals surface area (Å²) in [6, 6.07) is 3.14. The SMILES string of the molecule is CCCOc1ccc(C(=O)OCOC(=O)C(C)C)nc1. The van der Waals surface area contributed by atoms with E-state index < -0.39 is 18.7 Å². The molecule has 0 saturated carbocycles. The molecule has 0 unspecified atom stereocenters. The van der Waals surface area contributed by atoms with Gasteiger partial charge in [-0.15, -0.1) is 0 Å². The van der Waals surface area contributed by atoms with Crippen molar-refractivity contribution in [3.63, 3.8) is 0 Å². The minimum absolute atomic E-state index is 0.134. The van der Waals surface area contributed by atoms with E-state index in [2.05, 4.69) is 4.98 Å². The molecule has 0 saturated heterocycles. The van der Waals surface area contributed by atoms with Crippen LogP contribution in [0.15, 0.2) is 18.3 Å². The molecule has 0 spiro atoms. The van der Waals surface area contributed by atoms with Crippen molar-refractivity contribution in [1.82, 2.24) is 4.98 Å². The van der Waals surface area contributed by atoms with Gasteiger partial charge in [-0.25, -0.2) is 9.78 Å². The van der Waals surface area contributed by atoms with Gasteiger partial charge in [0.2, 0.25) is 6.79 Å². The fourth-order valence-electron chi connectivity index (χ4n) is 1.19. The lowest BCUT2D eigenvalue weighted by Crippen LogP contribution is -2.17. The van der Waals surface area contributed by atoms with E-state index in [1.807, 2.05) is 6.92 Å². The third-order valence-electron chi connectivity index (χ3n) is 2.28. The van der Waals surface area contributed by atoms with E-state index in [9.17, 15) is 9.59 Å². The third kappa shape index (κ3) is 5.26. The number of pyridine rings is 1. The lowest BCUT2D eigenvalue weighted by molar-refractivity contribution is -0.155. The largest absolute Gasteiger partial charge is 0.492 e. The highest BCUT2D eigenvalue weighted by Gasteiger charge is 2.12. The molecular formula is C14H19NO5. The Morgan fingerprint density at radius 1 is 1.25 bits per heavy atom. The maximum absolute atomic E-state index is 11.6. The van der Waals surface area contributed by atoms with Gasteiger partial charge in [-0.2, -0.15) is 0 Å². The molecule has 0 atom stereocenters. The number of carbonyl (C=O) groups excluding carboxylic acids is 2. The molecule has 0 amide bonds. The summed E-state index contributed by atoms with van der Waals surface area (Å²) in [5, 5.41) is 0. The van der Waals surface area contributed by atoms with Gasteiger partial charge in [-0.3, -0.25) is 4.79 Å². The smallest absolute Gasteiger partial charge is 0.359 e. The zero-order valence-electron chi connectivity index (χ0n) is 11.9. The fraction of sp³-hybridized carbons (Fsp3) is 0.500. The summed E-state index contributed by atoms with van der Waals surface area (Å²) < 4.78 is 14.9. The molecule has 6 nitrogen and oxygen atoms in total. The monoisotopic (exact) mass is 281 g/mol. The number of hydrogen-bond donors (Lipinski definition) is 0. The van der Waals surface area contributed by atoms with Crippen LogP contribution in [0.1, 0.15) is 37.7 Å². The van der Waals surface area contributed by atoms with Gasteiger partial charge in [0.1, 0.15) is 11.4 Å². The Kier molecular flexibility index (Phi) is 6.49. The van der Waals surface area contributed by atoms with Crippen LogP contribution in [0.2, 0.25) is 0 Å². The lowest BCUT2D eigenvalue weighted by Gasteiger charge is -2.08. The number of ether oxygens (including phenoxy) is 3. The summed E-state index contributed by atoms with van der Waals surface area (Å²) in [6.07, 6.45) is 2.34. The summed E-state index contributed by atoms with van der Waals surface area (Å²) in [6.45, 7) is 5.57. The Labute approximate surface area is 118 Å². The second-order valence-corrected chi connectivity index (χ2v) is 4.40. The highest BCUT2D eigenvalue weighted by atomic mass is 16.7. The Balaban J connectivity index is 2.41. The maximum atomic E-state index is 11.6. The molecular weight excluding hydrogens is 262 g/mol. The van der Waals surface area contributed by atoms with Crippen molar-refractivity contribution in [1.29, 1.82) is 0 Å². The molecule has 0 aliphatic carbocycles. The molecule has 1 aromatic rings. The molecule has 0 radical (unpaired) electrons. The molecule has 0 N–H and O–H groups in total. The molecule has 110 valence electrons. The molecule has 0 aliphatic rings. The van der Waals surface area contributed by atoms with Crippen LogP contribution in [0.3, 0.4) is 0 Å². The fourth-order valence-corrected chi connectivity index (χ4v) is 1.19.